The topological polar surface area (TPSA) is 18.5 Å². The monoisotopic (exact) mass is 572 g/mol. The average Bonchev–Trinajstić information content (AvgIpc) is 3.21. The van der Waals surface area contributed by atoms with Crippen LogP contribution in [0.25, 0.3) is 0 Å². The molecular formula is C40H60O2. The third-order valence-electron chi connectivity index (χ3n) is 11.3. The second-order valence-corrected chi connectivity index (χ2v) is 13.8. The molecule has 4 atom stereocenters. The van der Waals surface area contributed by atoms with Gasteiger partial charge >= 0.3 is 0 Å². The summed E-state index contributed by atoms with van der Waals surface area (Å²) in [5.41, 5.74) is 2.77. The zero-order valence-electron chi connectivity index (χ0n) is 27.1. The quantitative estimate of drug-likeness (QED) is 0.103. The number of hydrogen-bond acceptors (Lipinski definition) is 2. The maximum absolute atomic E-state index is 7.27. The molecule has 42 heavy (non-hydrogen) atoms. The van der Waals surface area contributed by atoms with Crippen LogP contribution in [0, 0.1) is 11.8 Å². The zero-order chi connectivity index (χ0) is 29.1. The Morgan fingerprint density at radius 2 is 0.857 bits per heavy atom. The number of unbranched alkanes of at least 4 members (excludes halogenated alkanes) is 14. The van der Waals surface area contributed by atoms with Gasteiger partial charge in [-0.1, -0.05) is 171 Å². The Labute approximate surface area is 258 Å². The minimum absolute atomic E-state index is 0.0654. The van der Waals surface area contributed by atoms with E-state index in [1.165, 1.54) is 120 Å². The molecule has 2 nitrogen and oxygen atoms in total. The van der Waals surface area contributed by atoms with Gasteiger partial charge in [0.25, 0.3) is 0 Å². The van der Waals surface area contributed by atoms with E-state index in [0.717, 1.165) is 26.1 Å². The molecule has 0 amide bonds. The van der Waals surface area contributed by atoms with Crippen molar-refractivity contribution in [2.75, 3.05) is 13.2 Å². The lowest BCUT2D eigenvalue weighted by Crippen LogP contribution is -2.49. The van der Waals surface area contributed by atoms with Crippen LogP contribution >= 0.6 is 0 Å². The van der Waals surface area contributed by atoms with Gasteiger partial charge in [-0.25, -0.2) is 0 Å². The Bertz CT molecular complexity index is 951. The summed E-state index contributed by atoms with van der Waals surface area (Å²) in [6, 6.07) is 22.8. The highest BCUT2D eigenvalue weighted by atomic mass is 16.7. The minimum Gasteiger partial charge on any atom is -0.348 e. The summed E-state index contributed by atoms with van der Waals surface area (Å²) in [7, 11) is 0. The van der Waals surface area contributed by atoms with E-state index in [1.807, 2.05) is 0 Å². The van der Waals surface area contributed by atoms with E-state index in [-0.39, 0.29) is 10.8 Å². The first-order chi connectivity index (χ1) is 20.8. The van der Waals surface area contributed by atoms with Crippen LogP contribution in [-0.4, -0.2) is 19.0 Å². The van der Waals surface area contributed by atoms with Crippen molar-refractivity contribution in [2.24, 2.45) is 11.8 Å². The lowest BCUT2D eigenvalue weighted by molar-refractivity contribution is -0.189. The van der Waals surface area contributed by atoms with E-state index in [2.05, 4.69) is 74.5 Å². The van der Waals surface area contributed by atoms with E-state index in [1.54, 1.807) is 0 Å². The third-order valence-corrected chi connectivity index (χ3v) is 11.3. The van der Waals surface area contributed by atoms with Crippen LogP contribution in [0.1, 0.15) is 147 Å². The lowest BCUT2D eigenvalue weighted by Gasteiger charge is -2.46. The molecule has 2 aromatic carbocycles. The van der Waals surface area contributed by atoms with Crippen LogP contribution in [-0.2, 0) is 20.3 Å². The van der Waals surface area contributed by atoms with Gasteiger partial charge in [0.05, 0.1) is 24.0 Å². The van der Waals surface area contributed by atoms with Crippen LogP contribution in [0.4, 0.5) is 0 Å². The van der Waals surface area contributed by atoms with Gasteiger partial charge < -0.3 is 9.47 Å². The Kier molecular flexibility index (Phi) is 11.6. The number of ether oxygens (including phenoxy) is 2. The Hall–Kier alpha value is -1.64. The maximum Gasteiger partial charge on any atom is 0.190 e. The highest BCUT2D eigenvalue weighted by Crippen LogP contribution is 2.92. The van der Waals surface area contributed by atoms with Gasteiger partial charge in [0, 0.05) is 0 Å². The molecule has 2 aromatic rings. The van der Waals surface area contributed by atoms with E-state index in [0.29, 0.717) is 11.8 Å². The second-order valence-electron chi connectivity index (χ2n) is 13.8. The summed E-state index contributed by atoms with van der Waals surface area (Å²) in [5.74, 6) is 0.759. The molecule has 0 radical (unpaired) electrons. The van der Waals surface area contributed by atoms with Gasteiger partial charge in [0.2, 0.25) is 0 Å². The number of benzene rings is 2. The van der Waals surface area contributed by atoms with Crippen molar-refractivity contribution in [3.8, 4) is 0 Å². The predicted molar refractivity (Wildman–Crippen MR) is 177 cm³/mol. The molecule has 5 rings (SSSR count). The van der Waals surface area contributed by atoms with Crippen LogP contribution in [0.3, 0.4) is 0 Å². The van der Waals surface area contributed by atoms with Gasteiger partial charge in [-0.2, -0.15) is 0 Å². The molecule has 3 aliphatic rings. The normalized spacial score (nSPS) is 26.9. The van der Waals surface area contributed by atoms with E-state index >= 15 is 0 Å². The first-order valence-corrected chi connectivity index (χ1v) is 18.2. The maximum atomic E-state index is 7.27. The fraction of sp³-hybridized carbons (Fsp3) is 0.700. The number of rotatable bonds is 22. The summed E-state index contributed by atoms with van der Waals surface area (Å²) in [5, 5.41) is 0. The molecule has 0 N–H and O–H groups in total. The molecule has 3 saturated carbocycles. The summed E-state index contributed by atoms with van der Waals surface area (Å²) >= 11 is 0. The molecule has 2 heteroatoms. The van der Waals surface area contributed by atoms with E-state index < -0.39 is 5.79 Å². The highest BCUT2D eigenvalue weighted by molar-refractivity contribution is 5.66. The van der Waals surface area contributed by atoms with Crippen molar-refractivity contribution in [1.29, 1.82) is 0 Å². The molecule has 0 saturated heterocycles. The first kappa shape index (κ1) is 31.8. The van der Waals surface area contributed by atoms with Crippen LogP contribution in [0.2, 0.25) is 0 Å². The van der Waals surface area contributed by atoms with Gasteiger partial charge in [0.15, 0.2) is 5.79 Å². The molecule has 0 heterocycles. The average molecular weight is 573 g/mol. The van der Waals surface area contributed by atoms with Crippen molar-refractivity contribution in [3.05, 3.63) is 71.8 Å². The van der Waals surface area contributed by atoms with E-state index in [9.17, 15) is 0 Å². The highest BCUT2D eigenvalue weighted by Gasteiger charge is 3.02. The fourth-order valence-electron chi connectivity index (χ4n) is 9.59. The van der Waals surface area contributed by atoms with Gasteiger partial charge in [-0.15, -0.1) is 0 Å². The summed E-state index contributed by atoms with van der Waals surface area (Å²) in [4.78, 5) is 0. The molecule has 3 aliphatic carbocycles. The predicted octanol–water partition coefficient (Wildman–Crippen LogP) is 11.3. The van der Waals surface area contributed by atoms with Gasteiger partial charge in [-0.05, 0) is 48.6 Å². The van der Waals surface area contributed by atoms with Gasteiger partial charge in [-0.3, -0.25) is 0 Å². The number of fused-ring (bicyclic) bond motifs is 4. The molecule has 0 aromatic heterocycles. The minimum atomic E-state index is -0.541. The van der Waals surface area contributed by atoms with Crippen molar-refractivity contribution in [1.82, 2.24) is 0 Å². The summed E-state index contributed by atoms with van der Waals surface area (Å²) in [6.45, 7) is 6.23. The SMILES string of the molecule is CCCCCCCCCCOC1(OCCCCCCCCCC)C2(c3ccccc3)C3CCCC3C12c1ccccc1. The number of hydrogen-bond donors (Lipinski definition) is 0. The summed E-state index contributed by atoms with van der Waals surface area (Å²) in [6.07, 6.45) is 25.1. The largest absolute Gasteiger partial charge is 0.348 e. The lowest BCUT2D eigenvalue weighted by atomic mass is 9.54. The molecule has 232 valence electrons. The molecule has 0 aliphatic heterocycles. The van der Waals surface area contributed by atoms with Crippen molar-refractivity contribution in [3.63, 3.8) is 0 Å². The first-order valence-electron chi connectivity index (χ1n) is 18.2. The molecule has 4 unspecified atom stereocenters. The Morgan fingerprint density at radius 3 is 1.24 bits per heavy atom. The fourth-order valence-corrected chi connectivity index (χ4v) is 9.59. The second kappa shape index (κ2) is 15.4. The molecule has 0 bridgehead atoms. The van der Waals surface area contributed by atoms with Crippen LogP contribution in [0.15, 0.2) is 60.7 Å². The standard InChI is InChI=1S/C40H60O2/c1-3-5-7-9-11-13-15-23-32-41-40(42-33-24-16-14-12-10-8-6-4-2)38(34-26-19-17-20-27-34)36-30-25-31-37(36)39(38,40)35-28-21-18-22-29-35/h17-22,26-29,36-37H,3-16,23-25,30-33H2,1-2H3. The van der Waals surface area contributed by atoms with Crippen LogP contribution < -0.4 is 0 Å². The van der Waals surface area contributed by atoms with Crippen molar-refractivity contribution in [2.45, 2.75) is 152 Å². The van der Waals surface area contributed by atoms with Crippen molar-refractivity contribution < 1.29 is 9.47 Å². The third kappa shape index (κ3) is 5.65. The van der Waals surface area contributed by atoms with E-state index in [4.69, 9.17) is 9.47 Å². The zero-order valence-corrected chi connectivity index (χ0v) is 27.1. The van der Waals surface area contributed by atoms with Gasteiger partial charge in [0.1, 0.15) is 0 Å². The van der Waals surface area contributed by atoms with Crippen molar-refractivity contribution >= 4 is 0 Å². The Morgan fingerprint density at radius 1 is 0.500 bits per heavy atom. The summed E-state index contributed by atoms with van der Waals surface area (Å²) < 4.78 is 14.5. The van der Waals surface area contributed by atoms with Crippen LogP contribution in [0.5, 0.6) is 0 Å². The molecule has 0 spiro atoms. The Balaban J connectivity index is 1.33. The smallest absolute Gasteiger partial charge is 0.190 e. The molecule has 3 fully saturated rings. The molecular weight excluding hydrogens is 512 g/mol.